The molecule has 3 fully saturated rings. The molecule has 3 rings (SSSR count). The van der Waals surface area contributed by atoms with Crippen LogP contribution in [0.3, 0.4) is 0 Å². The second-order valence-electron chi connectivity index (χ2n) is 25.4. The monoisotopic (exact) mass is 1360 g/mol. The highest BCUT2D eigenvalue weighted by atomic mass is 28.5. The van der Waals surface area contributed by atoms with Crippen molar-refractivity contribution in [2.45, 2.75) is 263 Å². The minimum absolute atomic E-state index is 0.848. The summed E-state index contributed by atoms with van der Waals surface area (Å²) in [4.78, 5) is 0. The van der Waals surface area contributed by atoms with Crippen molar-refractivity contribution in [3.63, 3.8) is 0 Å². The fourth-order valence-corrected chi connectivity index (χ4v) is 91.9. The zero-order valence-electron chi connectivity index (χ0n) is 51.9. The van der Waals surface area contributed by atoms with Crippen LogP contribution in [0.4, 0.5) is 0 Å². The van der Waals surface area contributed by atoms with Crippen LogP contribution in [0, 0.1) is 0 Å². The molecule has 0 bridgehead atoms. The Kier molecular flexibility index (Phi) is 30.0. The Morgan fingerprint density at radius 3 is 1.01 bits per heavy atom. The molecule has 0 saturated carbocycles. The van der Waals surface area contributed by atoms with E-state index in [9.17, 15) is 0 Å². The van der Waals surface area contributed by atoms with E-state index in [4.69, 9.17) is 65.8 Å². The fraction of sp³-hybridized carbons (Fsp3) is 1.00. The largest absolute Gasteiger partial charge is 0.437 e. The molecule has 0 aromatic rings. The van der Waals surface area contributed by atoms with Crippen molar-refractivity contribution in [1.29, 1.82) is 0 Å². The summed E-state index contributed by atoms with van der Waals surface area (Å²) in [5, 5.41) is 0. The first-order chi connectivity index (χ1) is 34.3. The number of hydrogen-bond donors (Lipinski definition) is 0. The Bertz CT molecular complexity index is 1690. The van der Waals surface area contributed by atoms with Gasteiger partial charge in [0, 0.05) is 0 Å². The first kappa shape index (κ1) is 72.5. The van der Waals surface area contributed by atoms with E-state index >= 15 is 0 Å². The Hall–Kier alpha value is 3.26. The highest BCUT2D eigenvalue weighted by Crippen LogP contribution is 2.36. The van der Waals surface area contributed by atoms with Crippen LogP contribution in [-0.4, -0.2) is 159 Å². The molecule has 9 atom stereocenters. The zero-order valence-corrected chi connectivity index (χ0v) is 70.7. The quantitative estimate of drug-likeness (QED) is 0.0654. The van der Waals surface area contributed by atoms with E-state index in [-0.39, 0.29) is 0 Å². The van der Waals surface area contributed by atoms with Crippen molar-refractivity contribution >= 4 is 159 Å². The van der Waals surface area contributed by atoms with E-state index in [1.165, 1.54) is 0 Å². The van der Waals surface area contributed by atoms with Crippen LogP contribution in [0.15, 0.2) is 0 Å². The van der Waals surface area contributed by atoms with Gasteiger partial charge in [0.25, 0.3) is 46.4 Å². The lowest BCUT2D eigenvalue weighted by molar-refractivity contribution is 0.251. The highest BCUT2D eigenvalue weighted by Gasteiger charge is 2.51. The Morgan fingerprint density at radius 2 is 0.667 bits per heavy atom. The Morgan fingerprint density at radius 1 is 0.373 bits per heavy atom. The summed E-state index contributed by atoms with van der Waals surface area (Å²) in [7, 11) is -37.8. The van der Waals surface area contributed by atoms with Crippen molar-refractivity contribution in [3.8, 4) is 0 Å². The molecule has 0 spiro atoms. The minimum Gasteiger partial charge on any atom is -0.437 e. The van der Waals surface area contributed by atoms with E-state index in [1.807, 2.05) is 0 Å². The van der Waals surface area contributed by atoms with Crippen LogP contribution in [0.25, 0.3) is 0 Å². The van der Waals surface area contributed by atoms with Crippen LogP contribution in [0.1, 0.15) is 59.3 Å². The van der Waals surface area contributed by atoms with E-state index < -0.39 is 159 Å². The van der Waals surface area contributed by atoms with Crippen molar-refractivity contribution < 1.29 is 65.8 Å². The van der Waals surface area contributed by atoms with E-state index in [0.717, 1.165) is 105 Å². The third-order valence-electron chi connectivity index (χ3n) is 13.3. The Balaban J connectivity index is 1.61. The predicted octanol–water partition coefficient (Wildman–Crippen LogP) is 11.9. The number of rotatable bonds is 29. The maximum absolute atomic E-state index is 7.40. The zero-order chi connectivity index (χ0) is 57.0. The number of unbranched alkanes of at least 4 members (excludes halogenated alkanes) is 3. The summed E-state index contributed by atoms with van der Waals surface area (Å²) in [5.74, 6) is 0. The lowest BCUT2D eigenvalue weighted by Gasteiger charge is -2.45. The molecule has 16 nitrogen and oxygen atoms in total. The molecule has 3 aliphatic rings. The molecule has 443 valence electrons. The van der Waals surface area contributed by atoms with E-state index in [0.29, 0.717) is 0 Å². The van der Waals surface area contributed by atoms with E-state index in [1.54, 1.807) is 0 Å². The van der Waals surface area contributed by atoms with Gasteiger partial charge in [-0.25, -0.2) is 0 Å². The molecular weight excluding hydrogens is 1250 g/mol. The predicted molar refractivity (Wildman–Crippen MR) is 349 cm³/mol. The molecule has 3 radical (unpaired) electrons. The topological polar surface area (TPSA) is 148 Å². The van der Waals surface area contributed by atoms with Gasteiger partial charge in [0.05, 0.1) is 0 Å². The van der Waals surface area contributed by atoms with Crippen LogP contribution in [-0.2, 0) is 65.8 Å². The van der Waals surface area contributed by atoms with Gasteiger partial charge in [-0.1, -0.05) is 59.3 Å². The first-order valence-corrected chi connectivity index (χ1v) is 72.0. The summed E-state index contributed by atoms with van der Waals surface area (Å²) < 4.78 is 110. The van der Waals surface area contributed by atoms with Crippen molar-refractivity contribution in [3.05, 3.63) is 0 Å². The summed E-state index contributed by atoms with van der Waals surface area (Å²) in [5.41, 5.74) is 0. The number of hydrogen-bond acceptors (Lipinski definition) is 16. The maximum Gasteiger partial charge on any atom is 0.365 e. The third-order valence-corrected chi connectivity index (χ3v) is 79.4. The van der Waals surface area contributed by atoms with Crippen molar-refractivity contribution in [2.24, 2.45) is 0 Å². The molecule has 3 heterocycles. The molecule has 75 heavy (non-hydrogen) atoms. The molecule has 0 aromatic carbocycles. The Labute approximate surface area is 484 Å². The molecule has 3 aliphatic heterocycles. The lowest BCUT2D eigenvalue weighted by atomic mass is 10.4. The van der Waals surface area contributed by atoms with Crippen LogP contribution < -0.4 is 0 Å². The van der Waals surface area contributed by atoms with Gasteiger partial charge in [0.1, 0.15) is 0 Å². The second-order valence-corrected chi connectivity index (χ2v) is 82.0. The molecule has 0 aliphatic carbocycles. The standard InChI is InChI=1S/C41H111O16Si18/c1-25-28-34-72(21)47-60(6)42-58(4)44-63(50-72)31-37-66(9,10)53-70(17,18)54-68(13,14)39-33-65-46-62(8)49-75(24,57-74(23,52-65)36-30-27-3)41-40-69(15,16)56-71(19,20)55-67(11,12)38-32-64-45-59(5)43-61(7)48-73(22,51-64)35-29-26-2/h58-62H,25-41H2,1-24H3. The summed E-state index contributed by atoms with van der Waals surface area (Å²) in [6, 6.07) is 10.2. The fourth-order valence-electron chi connectivity index (χ4n) is 10.5. The van der Waals surface area contributed by atoms with Crippen LogP contribution in [0.5, 0.6) is 0 Å². The smallest absolute Gasteiger partial charge is 0.365 e. The second kappa shape index (κ2) is 31.1. The van der Waals surface area contributed by atoms with E-state index in [2.05, 4.69) is 158 Å². The van der Waals surface area contributed by atoms with Crippen molar-refractivity contribution in [2.75, 3.05) is 0 Å². The van der Waals surface area contributed by atoms with Gasteiger partial charge in [-0.15, -0.1) is 0 Å². The molecule has 3 saturated heterocycles. The van der Waals surface area contributed by atoms with Gasteiger partial charge in [-0.2, -0.15) is 0 Å². The maximum atomic E-state index is 7.40. The molecule has 0 amide bonds. The van der Waals surface area contributed by atoms with Gasteiger partial charge >= 0.3 is 79.2 Å². The minimum atomic E-state index is -2.71. The van der Waals surface area contributed by atoms with Crippen molar-refractivity contribution in [1.82, 2.24) is 0 Å². The van der Waals surface area contributed by atoms with Gasteiger partial charge in [-0.05, 0) is 204 Å². The molecule has 0 aromatic heterocycles. The lowest BCUT2D eigenvalue weighted by Crippen LogP contribution is -2.60. The average molecular weight is 1370 g/mol. The molecule has 9 unspecified atom stereocenters. The van der Waals surface area contributed by atoms with Gasteiger partial charge in [0.15, 0.2) is 33.3 Å². The summed E-state index contributed by atoms with van der Waals surface area (Å²) >= 11 is 0. The van der Waals surface area contributed by atoms with Crippen LogP contribution in [0.2, 0.25) is 204 Å². The highest BCUT2D eigenvalue weighted by molar-refractivity contribution is 6.92. The van der Waals surface area contributed by atoms with Gasteiger partial charge in [0.2, 0.25) is 0 Å². The van der Waals surface area contributed by atoms with Gasteiger partial charge in [-0.3, -0.25) is 0 Å². The molecule has 0 N–H and O–H groups in total. The van der Waals surface area contributed by atoms with Crippen LogP contribution >= 0.6 is 0 Å². The third kappa shape index (κ3) is 28.8. The summed E-state index contributed by atoms with van der Waals surface area (Å²) in [6.45, 7) is 54.0. The van der Waals surface area contributed by atoms with Gasteiger partial charge < -0.3 is 65.8 Å². The SMILES string of the molecule is CCCC[Si]1(C)O[Si](CC[Si](C)(C)O[Si](C)(C)O[Si](C)(C)CC[Si]2O[SiH](C)O[Si](C)(CC[Si](C)(C)O[Si](C)(C)O[Si](C)(C)CC[Si]3O[SiH](C)O[SiH](C)O[Si](C)(CCCC)O3)O[Si](C)(CCCC)O2)O[SiH](C)O[SiH](C)O1. The summed E-state index contributed by atoms with van der Waals surface area (Å²) in [6.07, 6.45) is 6.61. The average Bonchev–Trinajstić information content (AvgIpc) is 3.20. The first-order valence-electron chi connectivity index (χ1n) is 28.7. The molecule has 34 heteroatoms. The molecular formula is C41H111O16Si18. The normalized spacial score (nSPS) is 31.6.